The van der Waals surface area contributed by atoms with Crippen LogP contribution >= 0.6 is 0 Å². The lowest BCUT2D eigenvalue weighted by atomic mass is 9.49. The van der Waals surface area contributed by atoms with E-state index in [1.54, 1.807) is 0 Å². The molecule has 124 valence electrons. The lowest BCUT2D eigenvalue weighted by Gasteiger charge is -2.57. The summed E-state index contributed by atoms with van der Waals surface area (Å²) in [5.74, 6) is 2.81. The number of allylic oxidation sites excluding steroid dienone is 1. The summed E-state index contributed by atoms with van der Waals surface area (Å²) >= 11 is 0. The Labute approximate surface area is 137 Å². The Morgan fingerprint density at radius 1 is 1.04 bits per heavy atom. The molecule has 0 bridgehead atoms. The first-order valence-corrected chi connectivity index (χ1v) is 9.49. The SMILES string of the molecule is CC12CCC(=O)C=C1CCC1C2CCC23OC(=O)CC2CCC13. The molecular weight excluding hydrogens is 288 g/mol. The summed E-state index contributed by atoms with van der Waals surface area (Å²) in [5, 5.41) is 0. The average molecular weight is 314 g/mol. The molecule has 6 unspecified atom stereocenters. The van der Waals surface area contributed by atoms with E-state index in [0.29, 0.717) is 35.9 Å². The number of ether oxygens (including phenoxy) is 1. The summed E-state index contributed by atoms with van der Waals surface area (Å²) in [5.41, 5.74) is 1.53. The van der Waals surface area contributed by atoms with Crippen LogP contribution in [0.5, 0.6) is 0 Å². The van der Waals surface area contributed by atoms with E-state index in [1.807, 2.05) is 6.08 Å². The first-order valence-electron chi connectivity index (χ1n) is 9.49. The predicted molar refractivity (Wildman–Crippen MR) is 85.5 cm³/mol. The molecule has 23 heavy (non-hydrogen) atoms. The Bertz CT molecular complexity index is 620. The van der Waals surface area contributed by atoms with Crippen molar-refractivity contribution in [1.82, 2.24) is 0 Å². The summed E-state index contributed by atoms with van der Waals surface area (Å²) in [4.78, 5) is 23.8. The van der Waals surface area contributed by atoms with Crippen LogP contribution in [-0.2, 0) is 14.3 Å². The minimum atomic E-state index is -0.111. The van der Waals surface area contributed by atoms with Gasteiger partial charge in [-0.3, -0.25) is 9.59 Å². The Kier molecular flexibility index (Phi) is 2.78. The lowest BCUT2D eigenvalue weighted by molar-refractivity contribution is -0.166. The minimum Gasteiger partial charge on any atom is -0.458 e. The number of ketones is 1. The third-order valence-electron chi connectivity index (χ3n) is 8.27. The summed E-state index contributed by atoms with van der Waals surface area (Å²) in [6.07, 6.45) is 11.3. The summed E-state index contributed by atoms with van der Waals surface area (Å²) in [7, 11) is 0. The van der Waals surface area contributed by atoms with Gasteiger partial charge in [-0.2, -0.15) is 0 Å². The number of esters is 1. The second-order valence-corrected chi connectivity index (χ2v) is 8.91. The summed E-state index contributed by atoms with van der Waals surface area (Å²) < 4.78 is 6.00. The van der Waals surface area contributed by atoms with E-state index in [-0.39, 0.29) is 17.0 Å². The van der Waals surface area contributed by atoms with Gasteiger partial charge in [-0.05, 0) is 68.3 Å². The summed E-state index contributed by atoms with van der Waals surface area (Å²) in [6.45, 7) is 2.41. The van der Waals surface area contributed by atoms with Crippen molar-refractivity contribution in [2.24, 2.45) is 29.1 Å². The standard InChI is InChI=1S/C20H26O3/c1-19-8-6-14(21)10-12(19)2-4-15-16(19)7-9-20-13(3-5-17(15)20)11-18(22)23-20/h10,13,15-17H,2-9,11H2,1H3. The van der Waals surface area contributed by atoms with Gasteiger partial charge in [0.05, 0.1) is 6.42 Å². The van der Waals surface area contributed by atoms with Crippen molar-refractivity contribution in [3.05, 3.63) is 11.6 Å². The number of carbonyl (C=O) groups excluding carboxylic acids is 2. The average Bonchev–Trinajstić information content (AvgIpc) is 3.00. The smallest absolute Gasteiger partial charge is 0.306 e. The summed E-state index contributed by atoms with van der Waals surface area (Å²) in [6, 6.07) is 0. The van der Waals surface area contributed by atoms with Crippen molar-refractivity contribution in [2.75, 3.05) is 0 Å². The second kappa shape index (κ2) is 4.49. The van der Waals surface area contributed by atoms with Crippen molar-refractivity contribution in [3.8, 4) is 0 Å². The van der Waals surface area contributed by atoms with E-state index in [9.17, 15) is 9.59 Å². The maximum atomic E-state index is 11.9. The molecule has 0 radical (unpaired) electrons. The molecule has 1 saturated heterocycles. The van der Waals surface area contributed by atoms with E-state index >= 15 is 0 Å². The zero-order valence-electron chi connectivity index (χ0n) is 14.0. The third kappa shape index (κ3) is 1.71. The van der Waals surface area contributed by atoms with Gasteiger partial charge in [0, 0.05) is 18.3 Å². The molecule has 4 aliphatic carbocycles. The van der Waals surface area contributed by atoms with Crippen molar-refractivity contribution in [2.45, 2.75) is 70.3 Å². The molecule has 1 aliphatic heterocycles. The monoisotopic (exact) mass is 314 g/mol. The molecule has 3 heteroatoms. The van der Waals surface area contributed by atoms with Gasteiger partial charge in [0.15, 0.2) is 5.78 Å². The van der Waals surface area contributed by atoms with E-state index < -0.39 is 0 Å². The number of carbonyl (C=O) groups is 2. The van der Waals surface area contributed by atoms with Crippen LogP contribution in [0.15, 0.2) is 11.6 Å². The minimum absolute atomic E-state index is 0.0454. The zero-order valence-corrected chi connectivity index (χ0v) is 14.0. The highest BCUT2D eigenvalue weighted by Gasteiger charge is 2.65. The first kappa shape index (κ1) is 14.2. The number of hydrogen-bond donors (Lipinski definition) is 0. The largest absolute Gasteiger partial charge is 0.458 e. The van der Waals surface area contributed by atoms with Crippen LogP contribution in [-0.4, -0.2) is 17.4 Å². The molecule has 0 aromatic rings. The van der Waals surface area contributed by atoms with Gasteiger partial charge in [-0.25, -0.2) is 0 Å². The maximum absolute atomic E-state index is 11.9. The van der Waals surface area contributed by atoms with Gasteiger partial charge in [-0.1, -0.05) is 12.5 Å². The molecule has 0 aromatic carbocycles. The molecule has 1 spiro atoms. The van der Waals surface area contributed by atoms with Crippen molar-refractivity contribution in [3.63, 3.8) is 0 Å². The maximum Gasteiger partial charge on any atom is 0.306 e. The van der Waals surface area contributed by atoms with Crippen LogP contribution in [0.25, 0.3) is 0 Å². The van der Waals surface area contributed by atoms with E-state index in [0.717, 1.165) is 25.7 Å². The van der Waals surface area contributed by atoms with Crippen LogP contribution in [0.1, 0.15) is 64.7 Å². The van der Waals surface area contributed by atoms with Gasteiger partial charge in [-0.15, -0.1) is 0 Å². The normalized spacial score (nSPS) is 51.3. The Balaban J connectivity index is 1.51. The number of hydrogen-bond acceptors (Lipinski definition) is 3. The molecular formula is C20H26O3. The van der Waals surface area contributed by atoms with E-state index in [4.69, 9.17) is 4.74 Å². The van der Waals surface area contributed by atoms with E-state index in [2.05, 4.69) is 6.92 Å². The van der Waals surface area contributed by atoms with Gasteiger partial charge >= 0.3 is 5.97 Å². The van der Waals surface area contributed by atoms with Crippen LogP contribution < -0.4 is 0 Å². The lowest BCUT2D eigenvalue weighted by Crippen LogP contribution is -2.54. The molecule has 5 rings (SSSR count). The van der Waals surface area contributed by atoms with E-state index in [1.165, 1.54) is 31.3 Å². The van der Waals surface area contributed by atoms with Gasteiger partial charge in [0.1, 0.15) is 5.60 Å². The molecule has 0 N–H and O–H groups in total. The highest BCUT2D eigenvalue weighted by molar-refractivity contribution is 5.91. The Morgan fingerprint density at radius 3 is 2.78 bits per heavy atom. The number of fused-ring (bicyclic) bond motifs is 4. The Hall–Kier alpha value is -1.12. The molecule has 1 heterocycles. The second-order valence-electron chi connectivity index (χ2n) is 8.91. The quantitative estimate of drug-likeness (QED) is 0.639. The Morgan fingerprint density at radius 2 is 1.91 bits per heavy atom. The first-order chi connectivity index (χ1) is 11.0. The van der Waals surface area contributed by atoms with Gasteiger partial charge in [0.25, 0.3) is 0 Å². The molecule has 3 saturated carbocycles. The third-order valence-corrected chi connectivity index (χ3v) is 8.27. The van der Waals surface area contributed by atoms with Gasteiger partial charge < -0.3 is 4.74 Å². The number of rotatable bonds is 0. The molecule has 0 aromatic heterocycles. The highest BCUT2D eigenvalue weighted by atomic mass is 16.6. The fourth-order valence-electron chi connectivity index (χ4n) is 7.22. The van der Waals surface area contributed by atoms with Gasteiger partial charge in [0.2, 0.25) is 0 Å². The van der Waals surface area contributed by atoms with Crippen molar-refractivity contribution >= 4 is 11.8 Å². The fraction of sp³-hybridized carbons (Fsp3) is 0.800. The predicted octanol–water partition coefficient (Wildman–Crippen LogP) is 3.81. The molecule has 3 nitrogen and oxygen atoms in total. The van der Waals surface area contributed by atoms with Crippen LogP contribution in [0.2, 0.25) is 0 Å². The van der Waals surface area contributed by atoms with Crippen LogP contribution in [0, 0.1) is 29.1 Å². The molecule has 4 fully saturated rings. The van der Waals surface area contributed by atoms with Crippen LogP contribution in [0.3, 0.4) is 0 Å². The van der Waals surface area contributed by atoms with Crippen molar-refractivity contribution in [1.29, 1.82) is 0 Å². The topological polar surface area (TPSA) is 43.4 Å². The molecule has 6 atom stereocenters. The molecule has 0 amide bonds. The highest BCUT2D eigenvalue weighted by Crippen LogP contribution is 2.66. The zero-order chi connectivity index (χ0) is 15.8. The van der Waals surface area contributed by atoms with Crippen LogP contribution in [0.4, 0.5) is 0 Å². The molecule has 5 aliphatic rings. The fourth-order valence-corrected chi connectivity index (χ4v) is 7.22. The van der Waals surface area contributed by atoms with Crippen molar-refractivity contribution < 1.29 is 14.3 Å².